The monoisotopic (exact) mass is 272 g/mol. The third-order valence-electron chi connectivity index (χ3n) is 2.50. The minimum Gasteiger partial charge on any atom is -0.478 e. The van der Waals surface area contributed by atoms with Gasteiger partial charge in [-0.15, -0.1) is 0 Å². The summed E-state index contributed by atoms with van der Waals surface area (Å²) in [7, 11) is 0. The summed E-state index contributed by atoms with van der Waals surface area (Å²) in [5, 5.41) is 12.0. The first kappa shape index (κ1) is 13.1. The molecule has 1 aliphatic rings. The Morgan fingerprint density at radius 3 is 3.11 bits per heavy atom. The Kier molecular flexibility index (Phi) is 4.35. The topological polar surface area (TPSA) is 80.7 Å². The van der Waals surface area contributed by atoms with Crippen LogP contribution in [0.1, 0.15) is 10.4 Å². The maximum absolute atomic E-state index is 10.9. The lowest BCUT2D eigenvalue weighted by Crippen LogP contribution is -2.34. The zero-order valence-corrected chi connectivity index (χ0v) is 10.3. The molecule has 0 amide bonds. The van der Waals surface area contributed by atoms with Crippen LogP contribution in [0.2, 0.25) is 5.02 Å². The molecule has 1 fully saturated rings. The number of rotatable bonds is 4. The number of hydrogen-bond donors (Lipinski definition) is 2. The van der Waals surface area contributed by atoms with Gasteiger partial charge in [-0.2, -0.15) is 0 Å². The minimum atomic E-state index is -1.08. The molecule has 1 aromatic rings. The summed E-state index contributed by atoms with van der Waals surface area (Å²) in [6.07, 6.45) is 1.32. The van der Waals surface area contributed by atoms with Gasteiger partial charge in [-0.1, -0.05) is 11.6 Å². The summed E-state index contributed by atoms with van der Waals surface area (Å²) >= 11 is 5.94. The highest BCUT2D eigenvalue weighted by Crippen LogP contribution is 2.23. The predicted molar refractivity (Wildman–Crippen MR) is 65.3 cm³/mol. The third-order valence-corrected chi connectivity index (χ3v) is 2.88. The molecule has 0 bridgehead atoms. The molecule has 7 heteroatoms. The van der Waals surface area contributed by atoms with Gasteiger partial charge in [0.25, 0.3) is 0 Å². The number of nitrogens with one attached hydrogen (secondary N) is 1. The first-order valence-electron chi connectivity index (χ1n) is 5.49. The van der Waals surface area contributed by atoms with E-state index >= 15 is 0 Å². The van der Waals surface area contributed by atoms with E-state index in [-0.39, 0.29) is 16.7 Å². The lowest BCUT2D eigenvalue weighted by Gasteiger charge is -2.23. The van der Waals surface area contributed by atoms with Gasteiger partial charge in [-0.25, -0.2) is 9.78 Å². The molecular formula is C11H13ClN2O4. The van der Waals surface area contributed by atoms with Crippen molar-refractivity contribution in [2.24, 2.45) is 0 Å². The Hall–Kier alpha value is -1.37. The number of carboxylic acids is 1. The van der Waals surface area contributed by atoms with E-state index in [9.17, 15) is 4.79 Å². The van der Waals surface area contributed by atoms with Crippen LogP contribution in [0.15, 0.2) is 12.3 Å². The fourth-order valence-corrected chi connectivity index (χ4v) is 1.86. The number of anilines is 1. The Labute approximate surface area is 109 Å². The standard InChI is InChI=1S/C11H13ClN2O4/c12-9-8(11(15)16)1-2-13-10(9)14-5-7-6-17-3-4-18-7/h1-2,7H,3-6H2,(H,13,14)(H,15,16). The average Bonchev–Trinajstić information content (AvgIpc) is 2.38. The minimum absolute atomic E-state index is 0.0231. The molecule has 0 aromatic carbocycles. The number of pyridine rings is 1. The smallest absolute Gasteiger partial charge is 0.337 e. The van der Waals surface area contributed by atoms with E-state index in [2.05, 4.69) is 10.3 Å². The molecular weight excluding hydrogens is 260 g/mol. The molecule has 98 valence electrons. The van der Waals surface area contributed by atoms with Crippen LogP contribution >= 0.6 is 11.6 Å². The third kappa shape index (κ3) is 3.10. The van der Waals surface area contributed by atoms with Crippen molar-refractivity contribution in [2.75, 3.05) is 31.7 Å². The van der Waals surface area contributed by atoms with Gasteiger partial charge in [0, 0.05) is 12.7 Å². The number of ether oxygens (including phenoxy) is 2. The van der Waals surface area contributed by atoms with Gasteiger partial charge in [0.1, 0.15) is 5.82 Å². The normalized spacial score (nSPS) is 19.5. The number of hydrogen-bond acceptors (Lipinski definition) is 5. The van der Waals surface area contributed by atoms with E-state index in [0.29, 0.717) is 32.2 Å². The summed E-state index contributed by atoms with van der Waals surface area (Å²) < 4.78 is 10.7. The van der Waals surface area contributed by atoms with E-state index in [0.717, 1.165) is 0 Å². The second-order valence-corrected chi connectivity index (χ2v) is 4.15. The molecule has 1 saturated heterocycles. The van der Waals surface area contributed by atoms with Gasteiger partial charge in [0.2, 0.25) is 0 Å². The molecule has 2 rings (SSSR count). The highest BCUT2D eigenvalue weighted by Gasteiger charge is 2.17. The molecule has 1 aromatic heterocycles. The SMILES string of the molecule is O=C(O)c1ccnc(NCC2COCCO2)c1Cl. The molecule has 0 spiro atoms. The van der Waals surface area contributed by atoms with Crippen LogP contribution in [0.3, 0.4) is 0 Å². The van der Waals surface area contributed by atoms with E-state index < -0.39 is 5.97 Å². The molecule has 1 atom stereocenters. The van der Waals surface area contributed by atoms with Gasteiger partial charge in [0.15, 0.2) is 0 Å². The molecule has 6 nitrogen and oxygen atoms in total. The molecule has 0 radical (unpaired) electrons. The quantitative estimate of drug-likeness (QED) is 0.859. The average molecular weight is 273 g/mol. The maximum atomic E-state index is 10.9. The van der Waals surface area contributed by atoms with Gasteiger partial charge >= 0.3 is 5.97 Å². The molecule has 0 saturated carbocycles. The van der Waals surface area contributed by atoms with Crippen LogP contribution in [0.4, 0.5) is 5.82 Å². The van der Waals surface area contributed by atoms with Crippen molar-refractivity contribution in [1.82, 2.24) is 4.98 Å². The fraction of sp³-hybridized carbons (Fsp3) is 0.455. The van der Waals surface area contributed by atoms with Gasteiger partial charge in [0.05, 0.1) is 36.5 Å². The van der Waals surface area contributed by atoms with Crippen LogP contribution in [0, 0.1) is 0 Å². The molecule has 0 aliphatic carbocycles. The molecule has 18 heavy (non-hydrogen) atoms. The lowest BCUT2D eigenvalue weighted by atomic mass is 10.2. The lowest BCUT2D eigenvalue weighted by molar-refractivity contribution is -0.0819. The number of aromatic carboxylic acids is 1. The Balaban J connectivity index is 2.00. The second kappa shape index (κ2) is 5.99. The predicted octanol–water partition coefficient (Wildman–Crippen LogP) is 1.26. The van der Waals surface area contributed by atoms with Crippen LogP contribution in [-0.4, -0.2) is 48.5 Å². The maximum Gasteiger partial charge on any atom is 0.337 e. The Bertz CT molecular complexity index is 435. The van der Waals surface area contributed by atoms with Crippen molar-refractivity contribution in [1.29, 1.82) is 0 Å². The van der Waals surface area contributed by atoms with Crippen molar-refractivity contribution >= 4 is 23.4 Å². The Morgan fingerprint density at radius 1 is 1.61 bits per heavy atom. The van der Waals surface area contributed by atoms with Crippen LogP contribution in [-0.2, 0) is 9.47 Å². The van der Waals surface area contributed by atoms with Crippen LogP contribution in [0.5, 0.6) is 0 Å². The number of nitrogens with zero attached hydrogens (tertiary/aromatic N) is 1. The molecule has 1 unspecified atom stereocenters. The first-order valence-corrected chi connectivity index (χ1v) is 5.87. The molecule has 2 heterocycles. The summed E-state index contributed by atoms with van der Waals surface area (Å²) in [4.78, 5) is 14.9. The van der Waals surface area contributed by atoms with Gasteiger partial charge in [-0.3, -0.25) is 0 Å². The van der Waals surface area contributed by atoms with Crippen molar-refractivity contribution in [3.05, 3.63) is 22.8 Å². The second-order valence-electron chi connectivity index (χ2n) is 3.77. The zero-order valence-electron chi connectivity index (χ0n) is 9.56. The van der Waals surface area contributed by atoms with Crippen molar-refractivity contribution in [3.63, 3.8) is 0 Å². The fourth-order valence-electron chi connectivity index (χ4n) is 1.60. The van der Waals surface area contributed by atoms with Crippen molar-refractivity contribution in [2.45, 2.75) is 6.10 Å². The number of halogens is 1. The van der Waals surface area contributed by atoms with Crippen LogP contribution < -0.4 is 5.32 Å². The van der Waals surface area contributed by atoms with Gasteiger partial charge in [-0.05, 0) is 6.07 Å². The Morgan fingerprint density at radius 2 is 2.44 bits per heavy atom. The number of carbonyl (C=O) groups is 1. The highest BCUT2D eigenvalue weighted by molar-refractivity contribution is 6.35. The van der Waals surface area contributed by atoms with E-state index in [1.165, 1.54) is 12.3 Å². The van der Waals surface area contributed by atoms with Gasteiger partial charge < -0.3 is 19.9 Å². The highest BCUT2D eigenvalue weighted by atomic mass is 35.5. The van der Waals surface area contributed by atoms with Crippen molar-refractivity contribution < 1.29 is 19.4 Å². The van der Waals surface area contributed by atoms with Crippen molar-refractivity contribution in [3.8, 4) is 0 Å². The zero-order chi connectivity index (χ0) is 13.0. The molecule has 1 aliphatic heterocycles. The summed E-state index contributed by atoms with van der Waals surface area (Å²) in [6, 6.07) is 1.36. The first-order chi connectivity index (χ1) is 8.68. The molecule has 2 N–H and O–H groups in total. The van der Waals surface area contributed by atoms with E-state index in [1.54, 1.807) is 0 Å². The summed E-state index contributed by atoms with van der Waals surface area (Å²) in [6.45, 7) is 2.13. The number of aromatic nitrogens is 1. The van der Waals surface area contributed by atoms with E-state index in [4.69, 9.17) is 26.2 Å². The number of carboxylic acid groups (broad SMARTS) is 1. The van der Waals surface area contributed by atoms with E-state index in [1.807, 2.05) is 0 Å². The summed E-state index contributed by atoms with van der Waals surface area (Å²) in [5.74, 6) is -0.742. The van der Waals surface area contributed by atoms with Crippen LogP contribution in [0.25, 0.3) is 0 Å². The largest absolute Gasteiger partial charge is 0.478 e. The summed E-state index contributed by atoms with van der Waals surface area (Å²) in [5.41, 5.74) is 0.0231.